The second-order valence-corrected chi connectivity index (χ2v) is 8.61. The van der Waals surface area contributed by atoms with Crippen LogP contribution in [0, 0.1) is 11.3 Å². The van der Waals surface area contributed by atoms with Gasteiger partial charge < -0.3 is 20.1 Å². The van der Waals surface area contributed by atoms with E-state index in [1.54, 1.807) is 0 Å². The molecule has 2 aliphatic rings. The molecule has 1 aliphatic heterocycles. The van der Waals surface area contributed by atoms with Crippen molar-refractivity contribution in [1.29, 1.82) is 0 Å². The van der Waals surface area contributed by atoms with Crippen LogP contribution in [0.1, 0.15) is 59.8 Å². The fourth-order valence-corrected chi connectivity index (χ4v) is 3.56. The minimum absolute atomic E-state index is 0.131. The van der Waals surface area contributed by atoms with Crippen molar-refractivity contribution in [3.05, 3.63) is 0 Å². The lowest BCUT2D eigenvalue weighted by Crippen LogP contribution is -2.45. The highest BCUT2D eigenvalue weighted by molar-refractivity contribution is 5.68. The van der Waals surface area contributed by atoms with Crippen LogP contribution in [0.3, 0.4) is 0 Å². The topological polar surface area (TPSA) is 61.8 Å². The summed E-state index contributed by atoms with van der Waals surface area (Å²) in [4.78, 5) is 13.9. The van der Waals surface area contributed by atoms with Gasteiger partial charge in [0.2, 0.25) is 0 Å². The number of aliphatic hydroxyl groups is 1. The van der Waals surface area contributed by atoms with Gasteiger partial charge in [-0.3, -0.25) is 0 Å². The molecular weight excluding hydrogens is 292 g/mol. The summed E-state index contributed by atoms with van der Waals surface area (Å²) in [6.45, 7) is 10.7. The first-order valence-corrected chi connectivity index (χ1v) is 9.05. The number of amides is 1. The zero-order chi connectivity index (χ0) is 17.1. The molecule has 0 aromatic heterocycles. The lowest BCUT2D eigenvalue weighted by Gasteiger charge is -2.41. The maximum Gasteiger partial charge on any atom is 0.410 e. The summed E-state index contributed by atoms with van der Waals surface area (Å²) in [5.41, 5.74) is -0.294. The number of nitrogens with zero attached hydrogens (tertiary/aromatic N) is 1. The summed E-state index contributed by atoms with van der Waals surface area (Å²) in [5, 5.41) is 13.1. The summed E-state index contributed by atoms with van der Waals surface area (Å²) in [7, 11) is 0. The number of ether oxygens (including phenoxy) is 1. The highest BCUT2D eigenvalue weighted by atomic mass is 16.6. The molecule has 0 spiro atoms. The van der Waals surface area contributed by atoms with Gasteiger partial charge in [-0.1, -0.05) is 6.42 Å². The molecule has 1 heterocycles. The van der Waals surface area contributed by atoms with Gasteiger partial charge >= 0.3 is 6.09 Å². The van der Waals surface area contributed by atoms with E-state index < -0.39 is 5.60 Å². The fraction of sp³-hybridized carbons (Fsp3) is 0.944. The first-order chi connectivity index (χ1) is 10.7. The van der Waals surface area contributed by atoms with Crippen molar-refractivity contribution in [3.63, 3.8) is 0 Å². The Morgan fingerprint density at radius 2 is 2.13 bits per heavy atom. The van der Waals surface area contributed by atoms with Crippen LogP contribution in [0.5, 0.6) is 0 Å². The summed E-state index contributed by atoms with van der Waals surface area (Å²) < 4.78 is 5.45. The van der Waals surface area contributed by atoms with Gasteiger partial charge in [0.15, 0.2) is 0 Å². The van der Waals surface area contributed by atoms with Crippen molar-refractivity contribution in [1.82, 2.24) is 10.2 Å². The SMILES string of the molecule is CC(CC1CCN(C(=O)OC(C)(C)C)C1)NCC1(CO)CCC1. The van der Waals surface area contributed by atoms with E-state index in [2.05, 4.69) is 12.2 Å². The van der Waals surface area contributed by atoms with Crippen molar-refractivity contribution in [2.45, 2.75) is 71.4 Å². The lowest BCUT2D eigenvalue weighted by molar-refractivity contribution is 0.0285. The molecule has 2 rings (SSSR count). The molecule has 1 aliphatic carbocycles. The van der Waals surface area contributed by atoms with E-state index in [0.29, 0.717) is 18.6 Å². The quantitative estimate of drug-likeness (QED) is 0.788. The highest BCUT2D eigenvalue weighted by Gasteiger charge is 2.36. The molecule has 0 aromatic carbocycles. The van der Waals surface area contributed by atoms with Crippen molar-refractivity contribution in [3.8, 4) is 0 Å². The van der Waals surface area contributed by atoms with E-state index in [1.165, 1.54) is 6.42 Å². The zero-order valence-corrected chi connectivity index (χ0v) is 15.2. The molecule has 5 nitrogen and oxygen atoms in total. The molecule has 2 unspecified atom stereocenters. The van der Waals surface area contributed by atoms with Gasteiger partial charge in [0, 0.05) is 37.7 Å². The third kappa shape index (κ3) is 5.35. The lowest BCUT2D eigenvalue weighted by atomic mass is 9.69. The second-order valence-electron chi connectivity index (χ2n) is 8.61. The van der Waals surface area contributed by atoms with Crippen molar-refractivity contribution in [2.24, 2.45) is 11.3 Å². The number of nitrogens with one attached hydrogen (secondary N) is 1. The summed E-state index contributed by atoms with van der Waals surface area (Å²) in [5.74, 6) is 0.538. The predicted molar refractivity (Wildman–Crippen MR) is 91.4 cm³/mol. The number of rotatable bonds is 6. The van der Waals surface area contributed by atoms with Crippen LogP contribution in [0.2, 0.25) is 0 Å². The summed E-state index contributed by atoms with van der Waals surface area (Å²) in [6.07, 6.45) is 5.45. The molecule has 0 aromatic rings. The number of likely N-dealkylation sites (tertiary alicyclic amines) is 1. The van der Waals surface area contributed by atoms with Gasteiger partial charge in [-0.25, -0.2) is 4.79 Å². The van der Waals surface area contributed by atoms with Gasteiger partial charge in [0.1, 0.15) is 5.60 Å². The molecule has 5 heteroatoms. The largest absolute Gasteiger partial charge is 0.444 e. The van der Waals surface area contributed by atoms with Crippen molar-refractivity contribution >= 4 is 6.09 Å². The number of aliphatic hydroxyl groups excluding tert-OH is 1. The van der Waals surface area contributed by atoms with Gasteiger partial charge in [-0.2, -0.15) is 0 Å². The Morgan fingerprint density at radius 1 is 1.43 bits per heavy atom. The minimum Gasteiger partial charge on any atom is -0.444 e. The minimum atomic E-state index is -0.425. The molecule has 1 amide bonds. The Bertz CT molecular complexity index is 396. The Hall–Kier alpha value is -0.810. The molecule has 134 valence electrons. The number of carbonyl (C=O) groups is 1. The average Bonchev–Trinajstić information content (AvgIpc) is 2.84. The van der Waals surface area contributed by atoms with Crippen LogP contribution in [-0.2, 0) is 4.74 Å². The molecule has 0 radical (unpaired) electrons. The molecule has 1 saturated carbocycles. The Morgan fingerprint density at radius 3 is 2.65 bits per heavy atom. The van der Waals surface area contributed by atoms with Gasteiger partial charge in [-0.05, 0) is 59.3 Å². The molecule has 23 heavy (non-hydrogen) atoms. The van der Waals surface area contributed by atoms with Crippen LogP contribution in [0.4, 0.5) is 4.79 Å². The third-order valence-electron chi connectivity index (χ3n) is 5.20. The van der Waals surface area contributed by atoms with Crippen LogP contribution in [0.25, 0.3) is 0 Å². The predicted octanol–water partition coefficient (Wildman–Crippen LogP) is 2.77. The van der Waals surface area contributed by atoms with Crippen LogP contribution >= 0.6 is 0 Å². The molecule has 1 saturated heterocycles. The maximum absolute atomic E-state index is 12.1. The van der Waals surface area contributed by atoms with Gasteiger partial charge in [0.25, 0.3) is 0 Å². The van der Waals surface area contributed by atoms with E-state index in [-0.39, 0.29) is 11.5 Å². The van der Waals surface area contributed by atoms with Crippen LogP contribution in [0.15, 0.2) is 0 Å². The fourth-order valence-electron chi connectivity index (χ4n) is 3.56. The summed E-state index contributed by atoms with van der Waals surface area (Å²) in [6, 6.07) is 0.419. The second kappa shape index (κ2) is 7.39. The Balaban J connectivity index is 1.69. The van der Waals surface area contributed by atoms with Gasteiger partial charge in [0.05, 0.1) is 0 Å². The molecule has 2 atom stereocenters. The third-order valence-corrected chi connectivity index (χ3v) is 5.20. The molecule has 2 N–H and O–H groups in total. The maximum atomic E-state index is 12.1. The zero-order valence-electron chi connectivity index (χ0n) is 15.2. The number of hydrogen-bond acceptors (Lipinski definition) is 4. The number of carbonyl (C=O) groups excluding carboxylic acids is 1. The van der Waals surface area contributed by atoms with E-state index in [1.807, 2.05) is 25.7 Å². The molecular formula is C18H34N2O3. The van der Waals surface area contributed by atoms with Gasteiger partial charge in [-0.15, -0.1) is 0 Å². The standard InChI is InChI=1S/C18H34N2O3/c1-14(19-12-18(13-21)7-5-8-18)10-15-6-9-20(11-15)16(22)23-17(2,3)4/h14-15,19,21H,5-13H2,1-4H3. The van der Waals surface area contributed by atoms with Crippen molar-refractivity contribution in [2.75, 3.05) is 26.2 Å². The van der Waals surface area contributed by atoms with Crippen LogP contribution < -0.4 is 5.32 Å². The smallest absolute Gasteiger partial charge is 0.410 e. The first kappa shape index (κ1) is 18.5. The average molecular weight is 326 g/mol. The van der Waals surface area contributed by atoms with E-state index in [0.717, 1.165) is 45.3 Å². The monoisotopic (exact) mass is 326 g/mol. The van der Waals surface area contributed by atoms with Crippen molar-refractivity contribution < 1.29 is 14.6 Å². The number of hydrogen-bond donors (Lipinski definition) is 2. The molecule has 2 fully saturated rings. The van der Waals surface area contributed by atoms with E-state index in [9.17, 15) is 9.90 Å². The Kier molecular flexibility index (Phi) is 5.95. The van der Waals surface area contributed by atoms with E-state index >= 15 is 0 Å². The first-order valence-electron chi connectivity index (χ1n) is 9.05. The summed E-state index contributed by atoms with van der Waals surface area (Å²) >= 11 is 0. The Labute approximate surface area is 140 Å². The van der Waals surface area contributed by atoms with Crippen LogP contribution in [-0.4, -0.2) is 54.0 Å². The normalized spacial score (nSPS) is 25.1. The highest BCUT2D eigenvalue weighted by Crippen LogP contribution is 2.39. The van der Waals surface area contributed by atoms with E-state index in [4.69, 9.17) is 4.74 Å². The molecule has 0 bridgehead atoms.